The van der Waals surface area contributed by atoms with E-state index in [1.54, 1.807) is 6.08 Å². The quantitative estimate of drug-likeness (QED) is 0.0320. The molecule has 6 nitrogen and oxygen atoms in total. The van der Waals surface area contributed by atoms with Gasteiger partial charge in [-0.2, -0.15) is 0 Å². The number of hydrogen-bond acceptors (Lipinski definition) is 5. The molecule has 0 heterocycles. The summed E-state index contributed by atoms with van der Waals surface area (Å²) in [6.07, 6.45) is 94.3. The number of aliphatic hydroxyl groups excluding tert-OH is 2. The molecule has 498 valence electrons. The Morgan fingerprint density at radius 2 is 0.560 bits per heavy atom. The van der Waals surface area contributed by atoms with E-state index in [1.165, 1.54) is 372 Å². The number of carbonyl (C=O) groups is 2. The fourth-order valence-corrected chi connectivity index (χ4v) is 12.3. The third kappa shape index (κ3) is 69.4. The average molecular weight is 1180 g/mol. The van der Waals surface area contributed by atoms with E-state index < -0.39 is 12.1 Å². The highest BCUT2D eigenvalue weighted by molar-refractivity contribution is 5.76. The van der Waals surface area contributed by atoms with E-state index in [2.05, 4.69) is 31.3 Å². The number of rotatable bonds is 73. The molecular weight excluding hydrogens is 1030 g/mol. The number of amides is 1. The molecule has 0 aromatic carbocycles. The second-order valence-electron chi connectivity index (χ2n) is 26.7. The number of nitrogens with one attached hydrogen (secondary N) is 1. The van der Waals surface area contributed by atoms with E-state index in [9.17, 15) is 19.8 Å². The lowest BCUT2D eigenvalue weighted by Gasteiger charge is -2.20. The molecule has 0 radical (unpaired) electrons. The van der Waals surface area contributed by atoms with Crippen molar-refractivity contribution in [3.63, 3.8) is 0 Å². The Balaban J connectivity index is 3.36. The monoisotopic (exact) mass is 1180 g/mol. The first-order valence-corrected chi connectivity index (χ1v) is 38.6. The van der Waals surface area contributed by atoms with Crippen LogP contribution in [0.5, 0.6) is 0 Å². The fourth-order valence-electron chi connectivity index (χ4n) is 12.3. The Labute approximate surface area is 526 Å². The number of unbranched alkanes of at least 4 members (excludes halogenated alkanes) is 60. The van der Waals surface area contributed by atoms with Gasteiger partial charge >= 0.3 is 5.97 Å². The van der Waals surface area contributed by atoms with Gasteiger partial charge in [-0.05, 0) is 57.8 Å². The molecule has 0 aromatic heterocycles. The molecule has 0 spiro atoms. The van der Waals surface area contributed by atoms with Crippen LogP contribution in [-0.4, -0.2) is 47.4 Å². The summed E-state index contributed by atoms with van der Waals surface area (Å²) in [6.45, 7) is 4.96. The van der Waals surface area contributed by atoms with Crippen LogP contribution < -0.4 is 5.32 Å². The maximum atomic E-state index is 12.5. The summed E-state index contributed by atoms with van der Waals surface area (Å²) >= 11 is 0. The van der Waals surface area contributed by atoms with Crippen molar-refractivity contribution in [2.24, 2.45) is 0 Å². The standard InChI is InChI=1S/C78H151NO5/c1-3-5-7-9-11-13-15-17-19-21-36-39-42-46-50-54-58-62-66-70-76(81)75(74-80)79-77(82)71-67-63-59-55-51-47-43-40-37-34-32-30-28-26-24-22-23-25-27-29-31-33-35-38-41-45-49-53-57-61-65-69-73-84-78(83)72-68-64-60-56-52-48-44-20-18-16-14-12-10-8-6-4-2/h25,27,66,70,75-76,80-81H,3-24,26,28-65,67-69,71-74H2,1-2H3,(H,79,82)/b27-25-,70-66+. The molecule has 2 atom stereocenters. The van der Waals surface area contributed by atoms with Crippen molar-refractivity contribution in [3.05, 3.63) is 24.3 Å². The highest BCUT2D eigenvalue weighted by atomic mass is 16.5. The Bertz CT molecular complexity index is 1320. The molecule has 2 unspecified atom stereocenters. The van der Waals surface area contributed by atoms with Crippen LogP contribution in [0.25, 0.3) is 0 Å². The van der Waals surface area contributed by atoms with E-state index in [0.29, 0.717) is 19.4 Å². The van der Waals surface area contributed by atoms with Gasteiger partial charge < -0.3 is 20.3 Å². The Kier molecular flexibility index (Phi) is 72.3. The number of ether oxygens (including phenoxy) is 1. The molecule has 1 amide bonds. The van der Waals surface area contributed by atoms with Crippen LogP contribution in [-0.2, 0) is 14.3 Å². The van der Waals surface area contributed by atoms with E-state index >= 15 is 0 Å². The van der Waals surface area contributed by atoms with Gasteiger partial charge in [0.2, 0.25) is 5.91 Å². The predicted molar refractivity (Wildman–Crippen MR) is 370 cm³/mol. The van der Waals surface area contributed by atoms with Crippen molar-refractivity contribution in [1.29, 1.82) is 0 Å². The smallest absolute Gasteiger partial charge is 0.305 e. The molecule has 3 N–H and O–H groups in total. The molecule has 0 aliphatic carbocycles. The van der Waals surface area contributed by atoms with Crippen molar-refractivity contribution >= 4 is 11.9 Å². The molecule has 0 aromatic rings. The van der Waals surface area contributed by atoms with Crippen LogP contribution in [0.1, 0.15) is 438 Å². The summed E-state index contributed by atoms with van der Waals surface area (Å²) in [6, 6.07) is -0.626. The number of aliphatic hydroxyl groups is 2. The van der Waals surface area contributed by atoms with Gasteiger partial charge in [0.1, 0.15) is 0 Å². The molecule has 0 bridgehead atoms. The lowest BCUT2D eigenvalue weighted by atomic mass is 10.0. The van der Waals surface area contributed by atoms with Gasteiger partial charge in [-0.25, -0.2) is 0 Å². The van der Waals surface area contributed by atoms with Gasteiger partial charge in [0, 0.05) is 12.8 Å². The highest BCUT2D eigenvalue weighted by Gasteiger charge is 2.18. The third-order valence-corrected chi connectivity index (χ3v) is 18.2. The van der Waals surface area contributed by atoms with Gasteiger partial charge in [-0.15, -0.1) is 0 Å². The number of allylic oxidation sites excluding steroid dienone is 3. The lowest BCUT2D eigenvalue weighted by Crippen LogP contribution is -2.45. The van der Waals surface area contributed by atoms with Crippen LogP contribution in [0.2, 0.25) is 0 Å². The van der Waals surface area contributed by atoms with Gasteiger partial charge in [0.25, 0.3) is 0 Å². The van der Waals surface area contributed by atoms with Crippen molar-refractivity contribution < 1.29 is 24.5 Å². The Morgan fingerprint density at radius 3 is 0.845 bits per heavy atom. The zero-order valence-corrected chi connectivity index (χ0v) is 57.2. The largest absolute Gasteiger partial charge is 0.466 e. The maximum absolute atomic E-state index is 12.5. The number of hydrogen-bond donors (Lipinski definition) is 3. The minimum absolute atomic E-state index is 0.0223. The van der Waals surface area contributed by atoms with Crippen LogP contribution in [0.15, 0.2) is 24.3 Å². The molecule has 0 aliphatic rings. The van der Waals surface area contributed by atoms with E-state index in [4.69, 9.17) is 4.74 Å². The molecule has 0 aliphatic heterocycles. The van der Waals surface area contributed by atoms with Crippen molar-refractivity contribution in [2.45, 2.75) is 450 Å². The summed E-state index contributed by atoms with van der Waals surface area (Å²) in [5.74, 6) is -0.0388. The third-order valence-electron chi connectivity index (χ3n) is 18.2. The molecule has 0 rings (SSSR count). The van der Waals surface area contributed by atoms with Gasteiger partial charge in [0.05, 0.1) is 25.4 Å². The van der Waals surface area contributed by atoms with Gasteiger partial charge in [-0.3, -0.25) is 9.59 Å². The minimum Gasteiger partial charge on any atom is -0.466 e. The summed E-state index contributed by atoms with van der Waals surface area (Å²) in [5.41, 5.74) is 0. The zero-order valence-electron chi connectivity index (χ0n) is 57.2. The van der Waals surface area contributed by atoms with Crippen LogP contribution >= 0.6 is 0 Å². The van der Waals surface area contributed by atoms with Crippen molar-refractivity contribution in [1.82, 2.24) is 5.32 Å². The first-order valence-electron chi connectivity index (χ1n) is 38.6. The summed E-state index contributed by atoms with van der Waals surface area (Å²) in [4.78, 5) is 24.6. The molecule has 0 saturated heterocycles. The van der Waals surface area contributed by atoms with Gasteiger partial charge in [0.15, 0.2) is 0 Å². The Morgan fingerprint density at radius 1 is 0.321 bits per heavy atom. The fraction of sp³-hybridized carbons (Fsp3) is 0.923. The summed E-state index contributed by atoms with van der Waals surface area (Å²) in [5, 5.41) is 23.3. The summed E-state index contributed by atoms with van der Waals surface area (Å²) < 4.78 is 5.51. The molecule has 0 saturated carbocycles. The first-order chi connectivity index (χ1) is 41.5. The van der Waals surface area contributed by atoms with Crippen LogP contribution in [0.3, 0.4) is 0 Å². The average Bonchev–Trinajstić information content (AvgIpc) is 3.50. The normalized spacial score (nSPS) is 12.6. The second kappa shape index (κ2) is 73.8. The molecule has 84 heavy (non-hydrogen) atoms. The van der Waals surface area contributed by atoms with E-state index in [-0.39, 0.29) is 18.5 Å². The Hall–Kier alpha value is -1.66. The number of esters is 1. The molecule has 0 fully saturated rings. The SMILES string of the molecule is CCCCCCCCCCCCCCCCCCC/C=C/C(O)C(CO)NC(=O)CCCCCCCCCCCCCCCCCC/C=C\CCCCCCCCCCCCCCOC(=O)CCCCCCCCCCCCCCCCCC. The molecule has 6 heteroatoms. The van der Waals surface area contributed by atoms with Crippen LogP contribution in [0.4, 0.5) is 0 Å². The topological polar surface area (TPSA) is 95.9 Å². The van der Waals surface area contributed by atoms with E-state index in [0.717, 1.165) is 38.5 Å². The lowest BCUT2D eigenvalue weighted by molar-refractivity contribution is -0.143. The highest BCUT2D eigenvalue weighted by Crippen LogP contribution is 2.19. The first kappa shape index (κ1) is 82.3. The second-order valence-corrected chi connectivity index (χ2v) is 26.7. The van der Waals surface area contributed by atoms with Crippen molar-refractivity contribution in [3.8, 4) is 0 Å². The predicted octanol–water partition coefficient (Wildman–Crippen LogP) is 25.3. The number of carbonyl (C=O) groups excluding carboxylic acids is 2. The van der Waals surface area contributed by atoms with Crippen LogP contribution in [0, 0.1) is 0 Å². The van der Waals surface area contributed by atoms with Crippen molar-refractivity contribution in [2.75, 3.05) is 13.2 Å². The maximum Gasteiger partial charge on any atom is 0.305 e. The van der Waals surface area contributed by atoms with E-state index in [1.807, 2.05) is 6.08 Å². The molecular formula is C78H151NO5. The minimum atomic E-state index is -0.843. The zero-order chi connectivity index (χ0) is 60.6. The summed E-state index contributed by atoms with van der Waals surface area (Å²) in [7, 11) is 0. The van der Waals surface area contributed by atoms with Gasteiger partial charge in [-0.1, -0.05) is 391 Å².